The number of benzene rings is 1. The van der Waals surface area contributed by atoms with E-state index in [4.69, 9.17) is 5.73 Å². The van der Waals surface area contributed by atoms with E-state index in [1.807, 2.05) is 30.3 Å². The van der Waals surface area contributed by atoms with Crippen LogP contribution in [-0.2, 0) is 9.59 Å². The monoisotopic (exact) mass is 299 g/mol. The Kier molecular flexibility index (Phi) is 8.59. The molecule has 0 aliphatic carbocycles. The number of carbonyl (C=O) groups excluding carboxylic acids is 2. The molecule has 0 aliphatic rings. The van der Waals surface area contributed by atoms with Gasteiger partial charge in [-0.3, -0.25) is 9.59 Å². The second-order valence-corrected chi connectivity index (χ2v) is 4.44. The topological polar surface area (TPSA) is 84.2 Å². The number of halogens is 1. The largest absolute Gasteiger partial charge is 0.359 e. The van der Waals surface area contributed by atoms with Gasteiger partial charge in [0, 0.05) is 26.1 Å². The maximum atomic E-state index is 11.9. The molecule has 2 unspecified atom stereocenters. The van der Waals surface area contributed by atoms with Gasteiger partial charge in [0.1, 0.15) is 0 Å². The molecule has 112 valence electrons. The Labute approximate surface area is 125 Å². The van der Waals surface area contributed by atoms with Crippen molar-refractivity contribution in [3.05, 3.63) is 35.9 Å². The molecule has 5 nitrogen and oxygen atoms in total. The van der Waals surface area contributed by atoms with E-state index in [1.165, 1.54) is 0 Å². The minimum Gasteiger partial charge on any atom is -0.359 e. The molecule has 2 atom stereocenters. The van der Waals surface area contributed by atoms with Crippen LogP contribution in [0.4, 0.5) is 0 Å². The van der Waals surface area contributed by atoms with Crippen molar-refractivity contribution >= 4 is 24.2 Å². The van der Waals surface area contributed by atoms with Gasteiger partial charge in [-0.1, -0.05) is 37.3 Å². The van der Waals surface area contributed by atoms with Crippen LogP contribution < -0.4 is 16.4 Å². The van der Waals surface area contributed by atoms with Crippen molar-refractivity contribution < 1.29 is 9.59 Å². The zero-order chi connectivity index (χ0) is 14.3. The molecule has 0 saturated heterocycles. The molecular weight excluding hydrogens is 278 g/mol. The zero-order valence-corrected chi connectivity index (χ0v) is 12.6. The summed E-state index contributed by atoms with van der Waals surface area (Å²) >= 11 is 0. The van der Waals surface area contributed by atoms with Crippen LogP contribution in [-0.4, -0.2) is 25.4 Å². The predicted octanol–water partition coefficient (Wildman–Crippen LogP) is 0.997. The number of nitrogens with two attached hydrogens (primary N) is 1. The summed E-state index contributed by atoms with van der Waals surface area (Å²) in [6.07, 6.45) is 0.273. The van der Waals surface area contributed by atoms with E-state index >= 15 is 0 Å². The first-order valence-corrected chi connectivity index (χ1v) is 6.35. The van der Waals surface area contributed by atoms with Crippen LogP contribution in [0.1, 0.15) is 24.9 Å². The molecule has 0 fully saturated rings. The summed E-state index contributed by atoms with van der Waals surface area (Å²) in [4.78, 5) is 22.9. The number of rotatable bonds is 6. The van der Waals surface area contributed by atoms with Gasteiger partial charge in [0.05, 0.1) is 5.92 Å². The lowest BCUT2D eigenvalue weighted by Gasteiger charge is -2.19. The van der Waals surface area contributed by atoms with Crippen molar-refractivity contribution in [2.24, 2.45) is 11.7 Å². The Bertz CT molecular complexity index is 426. The fourth-order valence-electron chi connectivity index (χ4n) is 1.71. The van der Waals surface area contributed by atoms with E-state index in [2.05, 4.69) is 10.6 Å². The molecule has 6 heteroatoms. The molecule has 1 rings (SSSR count). The van der Waals surface area contributed by atoms with Crippen LogP contribution in [0.5, 0.6) is 0 Å². The van der Waals surface area contributed by atoms with Crippen molar-refractivity contribution in [1.82, 2.24) is 10.6 Å². The van der Waals surface area contributed by atoms with Gasteiger partial charge in [-0.25, -0.2) is 0 Å². The highest BCUT2D eigenvalue weighted by Crippen LogP contribution is 2.18. The second-order valence-electron chi connectivity index (χ2n) is 4.44. The van der Waals surface area contributed by atoms with Crippen LogP contribution in [0.15, 0.2) is 30.3 Å². The SMILES string of the molecule is CNC(=O)CCNC(=O)C(C)C(N)c1ccccc1.Cl. The third-order valence-electron chi connectivity index (χ3n) is 3.07. The third-order valence-corrected chi connectivity index (χ3v) is 3.07. The number of hydrogen-bond acceptors (Lipinski definition) is 3. The standard InChI is InChI=1S/C14H21N3O2.ClH/c1-10(13(15)11-6-4-3-5-7-11)14(19)17-9-8-12(18)16-2;/h3-7,10,13H,8-9,15H2,1-2H3,(H,16,18)(H,17,19);1H. The molecule has 0 heterocycles. The maximum Gasteiger partial charge on any atom is 0.224 e. The van der Waals surface area contributed by atoms with Gasteiger partial charge in [0.15, 0.2) is 0 Å². The maximum absolute atomic E-state index is 11.9. The number of amides is 2. The van der Waals surface area contributed by atoms with Gasteiger partial charge in [0.2, 0.25) is 11.8 Å². The number of hydrogen-bond donors (Lipinski definition) is 3. The minimum atomic E-state index is -0.346. The van der Waals surface area contributed by atoms with Gasteiger partial charge in [-0.2, -0.15) is 0 Å². The Balaban J connectivity index is 0.00000361. The smallest absolute Gasteiger partial charge is 0.224 e. The molecule has 0 aliphatic heterocycles. The summed E-state index contributed by atoms with van der Waals surface area (Å²) in [5.41, 5.74) is 6.98. The van der Waals surface area contributed by atoms with Gasteiger partial charge >= 0.3 is 0 Å². The minimum absolute atomic E-state index is 0. The predicted molar refractivity (Wildman–Crippen MR) is 81.5 cm³/mol. The average molecular weight is 300 g/mol. The summed E-state index contributed by atoms with van der Waals surface area (Å²) in [5.74, 6) is -0.576. The molecule has 0 spiro atoms. The highest BCUT2D eigenvalue weighted by molar-refractivity contribution is 5.85. The van der Waals surface area contributed by atoms with Gasteiger partial charge < -0.3 is 16.4 Å². The summed E-state index contributed by atoms with van der Waals surface area (Å²) in [6.45, 7) is 2.11. The van der Waals surface area contributed by atoms with Crippen LogP contribution in [0.25, 0.3) is 0 Å². The Morgan fingerprint density at radius 3 is 2.40 bits per heavy atom. The Morgan fingerprint density at radius 1 is 1.25 bits per heavy atom. The first-order valence-electron chi connectivity index (χ1n) is 6.35. The molecule has 0 bridgehead atoms. The normalized spacial score (nSPS) is 12.8. The van der Waals surface area contributed by atoms with Crippen molar-refractivity contribution in [1.29, 1.82) is 0 Å². The van der Waals surface area contributed by atoms with E-state index < -0.39 is 0 Å². The first-order chi connectivity index (χ1) is 9.06. The first kappa shape index (κ1) is 18.4. The Hall–Kier alpha value is -1.59. The lowest BCUT2D eigenvalue weighted by atomic mass is 9.95. The van der Waals surface area contributed by atoms with Crippen molar-refractivity contribution in [3.8, 4) is 0 Å². The molecule has 1 aromatic rings. The van der Waals surface area contributed by atoms with E-state index in [0.717, 1.165) is 5.56 Å². The van der Waals surface area contributed by atoms with Crippen LogP contribution in [0.2, 0.25) is 0 Å². The van der Waals surface area contributed by atoms with Crippen LogP contribution in [0, 0.1) is 5.92 Å². The van der Waals surface area contributed by atoms with Crippen molar-refractivity contribution in [3.63, 3.8) is 0 Å². The van der Waals surface area contributed by atoms with Gasteiger partial charge in [0.25, 0.3) is 0 Å². The fourth-order valence-corrected chi connectivity index (χ4v) is 1.71. The summed E-state index contributed by atoms with van der Waals surface area (Å²) in [6, 6.07) is 9.15. The van der Waals surface area contributed by atoms with Gasteiger partial charge in [-0.05, 0) is 5.56 Å². The molecule has 1 aromatic carbocycles. The van der Waals surface area contributed by atoms with Crippen LogP contribution >= 0.6 is 12.4 Å². The number of nitrogens with one attached hydrogen (secondary N) is 2. The lowest BCUT2D eigenvalue weighted by Crippen LogP contribution is -2.37. The summed E-state index contributed by atoms with van der Waals surface area (Å²) < 4.78 is 0. The molecule has 4 N–H and O–H groups in total. The zero-order valence-electron chi connectivity index (χ0n) is 11.8. The Morgan fingerprint density at radius 2 is 1.85 bits per heavy atom. The fraction of sp³-hybridized carbons (Fsp3) is 0.429. The molecule has 0 aromatic heterocycles. The van der Waals surface area contributed by atoms with Crippen molar-refractivity contribution in [2.75, 3.05) is 13.6 Å². The van der Waals surface area contributed by atoms with E-state index in [-0.39, 0.29) is 42.6 Å². The van der Waals surface area contributed by atoms with Crippen LogP contribution in [0.3, 0.4) is 0 Å². The average Bonchev–Trinajstić information content (AvgIpc) is 2.46. The molecule has 0 saturated carbocycles. The third kappa shape index (κ3) is 5.59. The quantitative estimate of drug-likeness (QED) is 0.732. The molecular formula is C14H22ClN3O2. The van der Waals surface area contributed by atoms with E-state index in [0.29, 0.717) is 6.54 Å². The lowest BCUT2D eigenvalue weighted by molar-refractivity contribution is -0.125. The molecule has 20 heavy (non-hydrogen) atoms. The highest BCUT2D eigenvalue weighted by Gasteiger charge is 2.21. The summed E-state index contributed by atoms with van der Waals surface area (Å²) in [7, 11) is 1.57. The van der Waals surface area contributed by atoms with E-state index in [1.54, 1.807) is 14.0 Å². The summed E-state index contributed by atoms with van der Waals surface area (Å²) in [5, 5.41) is 5.22. The van der Waals surface area contributed by atoms with Crippen molar-refractivity contribution in [2.45, 2.75) is 19.4 Å². The number of carbonyl (C=O) groups is 2. The molecule has 2 amide bonds. The second kappa shape index (κ2) is 9.34. The molecule has 0 radical (unpaired) electrons. The highest BCUT2D eigenvalue weighted by atomic mass is 35.5. The van der Waals surface area contributed by atoms with E-state index in [9.17, 15) is 9.59 Å². The van der Waals surface area contributed by atoms with Gasteiger partial charge in [-0.15, -0.1) is 12.4 Å².